The van der Waals surface area contributed by atoms with Gasteiger partial charge in [0.2, 0.25) is 0 Å². The Morgan fingerprint density at radius 1 is 1.43 bits per heavy atom. The molecule has 5 nitrogen and oxygen atoms in total. The van der Waals surface area contributed by atoms with Crippen LogP contribution < -0.4 is 15.4 Å². The summed E-state index contributed by atoms with van der Waals surface area (Å²) in [7, 11) is 3.17. The monoisotopic (exact) mass is 323 g/mol. The van der Waals surface area contributed by atoms with Crippen molar-refractivity contribution in [2.45, 2.75) is 25.8 Å². The fraction of sp³-hybridized carbons (Fsp3) is 0.588. The van der Waals surface area contributed by atoms with Gasteiger partial charge >= 0.3 is 0 Å². The number of nitrogens with one attached hydrogen (secondary N) is 2. The first kappa shape index (κ1) is 17.5. The number of halogens is 1. The summed E-state index contributed by atoms with van der Waals surface area (Å²) in [6, 6.07) is 4.87. The minimum absolute atomic E-state index is 0.0750. The zero-order valence-corrected chi connectivity index (χ0v) is 14.1. The Hall–Kier alpha value is -1.82. The number of guanidine groups is 1. The second-order valence-electron chi connectivity index (χ2n) is 5.78. The lowest BCUT2D eigenvalue weighted by Gasteiger charge is -2.18. The van der Waals surface area contributed by atoms with Gasteiger partial charge in [0, 0.05) is 20.2 Å². The largest absolute Gasteiger partial charge is 0.494 e. The smallest absolute Gasteiger partial charge is 0.191 e. The van der Waals surface area contributed by atoms with E-state index in [4.69, 9.17) is 9.47 Å². The van der Waals surface area contributed by atoms with Crippen molar-refractivity contribution in [1.29, 1.82) is 0 Å². The van der Waals surface area contributed by atoms with E-state index in [0.717, 1.165) is 18.1 Å². The minimum atomic E-state index is -0.366. The summed E-state index contributed by atoms with van der Waals surface area (Å²) < 4.78 is 24.3. The van der Waals surface area contributed by atoms with E-state index in [0.29, 0.717) is 19.1 Å². The van der Waals surface area contributed by atoms with Crippen LogP contribution in [0.25, 0.3) is 0 Å². The van der Waals surface area contributed by atoms with E-state index < -0.39 is 0 Å². The average Bonchev–Trinajstić information content (AvgIpc) is 3.37. The molecule has 1 fully saturated rings. The lowest BCUT2D eigenvalue weighted by atomic mass is 10.1. The Labute approximate surface area is 137 Å². The highest BCUT2D eigenvalue weighted by molar-refractivity contribution is 5.80. The van der Waals surface area contributed by atoms with E-state index in [-0.39, 0.29) is 17.6 Å². The van der Waals surface area contributed by atoms with Crippen molar-refractivity contribution >= 4 is 5.96 Å². The molecule has 0 radical (unpaired) electrons. The minimum Gasteiger partial charge on any atom is -0.494 e. The molecule has 1 aromatic rings. The van der Waals surface area contributed by atoms with Crippen LogP contribution in [-0.4, -0.2) is 39.9 Å². The Morgan fingerprint density at radius 3 is 2.83 bits per heavy atom. The van der Waals surface area contributed by atoms with E-state index in [1.165, 1.54) is 26.0 Å². The highest BCUT2D eigenvalue weighted by Gasteiger charge is 2.20. The molecule has 1 aliphatic rings. The van der Waals surface area contributed by atoms with Crippen LogP contribution in [0.5, 0.6) is 5.75 Å². The standard InChI is InChI=1S/C17H26FN3O2/c1-12(14-6-7-16(22-3)15(18)10-14)21-17(19-2)20-8-9-23-11-13-4-5-13/h6-7,10,12-13H,4-5,8-9,11H2,1-3H3,(H2,19,20,21). The van der Waals surface area contributed by atoms with Crippen LogP contribution in [0.4, 0.5) is 4.39 Å². The molecule has 2 N–H and O–H groups in total. The lowest BCUT2D eigenvalue weighted by molar-refractivity contribution is 0.129. The summed E-state index contributed by atoms with van der Waals surface area (Å²) in [5, 5.41) is 6.43. The predicted molar refractivity (Wildman–Crippen MR) is 89.4 cm³/mol. The number of hydrogen-bond donors (Lipinski definition) is 2. The Balaban J connectivity index is 1.76. The molecule has 0 amide bonds. The number of rotatable bonds is 8. The second kappa shape index (κ2) is 8.72. The first-order chi connectivity index (χ1) is 11.1. The molecule has 0 spiro atoms. The predicted octanol–water partition coefficient (Wildman–Crippen LogP) is 2.49. The normalized spacial score (nSPS) is 16.1. The molecule has 0 aliphatic heterocycles. The topological polar surface area (TPSA) is 54.9 Å². The molecule has 0 saturated heterocycles. The van der Waals surface area contributed by atoms with Crippen LogP contribution in [0, 0.1) is 11.7 Å². The summed E-state index contributed by atoms with van der Waals surface area (Å²) in [4.78, 5) is 4.18. The zero-order valence-electron chi connectivity index (χ0n) is 14.1. The maximum atomic E-state index is 13.8. The number of ether oxygens (including phenoxy) is 2. The number of hydrogen-bond acceptors (Lipinski definition) is 3. The van der Waals surface area contributed by atoms with Crippen molar-refractivity contribution in [2.75, 3.05) is 33.9 Å². The van der Waals surface area contributed by atoms with Crippen molar-refractivity contribution in [3.05, 3.63) is 29.6 Å². The molecule has 1 unspecified atom stereocenters. The van der Waals surface area contributed by atoms with Crippen LogP contribution in [0.2, 0.25) is 0 Å². The van der Waals surface area contributed by atoms with Crippen LogP contribution >= 0.6 is 0 Å². The van der Waals surface area contributed by atoms with Crippen molar-refractivity contribution in [3.63, 3.8) is 0 Å². The van der Waals surface area contributed by atoms with Crippen molar-refractivity contribution in [3.8, 4) is 5.75 Å². The molecule has 6 heteroatoms. The van der Waals surface area contributed by atoms with Gasteiger partial charge < -0.3 is 20.1 Å². The van der Waals surface area contributed by atoms with Crippen molar-refractivity contribution < 1.29 is 13.9 Å². The third kappa shape index (κ3) is 5.71. The zero-order chi connectivity index (χ0) is 16.7. The third-order valence-electron chi connectivity index (χ3n) is 3.84. The molecule has 0 heterocycles. The van der Waals surface area contributed by atoms with E-state index in [1.807, 2.05) is 13.0 Å². The number of aliphatic imine (C=N–C) groups is 1. The maximum Gasteiger partial charge on any atom is 0.191 e. The molecule has 1 saturated carbocycles. The fourth-order valence-corrected chi connectivity index (χ4v) is 2.21. The molecular formula is C17H26FN3O2. The molecule has 1 atom stereocenters. The fourth-order valence-electron chi connectivity index (χ4n) is 2.21. The third-order valence-corrected chi connectivity index (χ3v) is 3.84. The van der Waals surface area contributed by atoms with Gasteiger partial charge in [0.25, 0.3) is 0 Å². The van der Waals surface area contributed by atoms with Gasteiger partial charge in [-0.25, -0.2) is 4.39 Å². The molecule has 23 heavy (non-hydrogen) atoms. The maximum absolute atomic E-state index is 13.8. The molecule has 1 aliphatic carbocycles. The Morgan fingerprint density at radius 2 is 2.22 bits per heavy atom. The van der Waals surface area contributed by atoms with Gasteiger partial charge in [-0.3, -0.25) is 4.99 Å². The molecule has 1 aromatic carbocycles. The molecular weight excluding hydrogens is 297 g/mol. The SMILES string of the molecule is CN=C(NCCOCC1CC1)NC(C)c1ccc(OC)c(F)c1. The quantitative estimate of drug-likeness (QED) is 0.438. The molecule has 0 bridgehead atoms. The molecule has 0 aromatic heterocycles. The number of nitrogens with zero attached hydrogens (tertiary/aromatic N) is 1. The van der Waals surface area contributed by atoms with Gasteiger partial charge in [-0.2, -0.15) is 0 Å². The first-order valence-corrected chi connectivity index (χ1v) is 8.02. The van der Waals surface area contributed by atoms with E-state index >= 15 is 0 Å². The number of benzene rings is 1. The van der Waals surface area contributed by atoms with E-state index in [9.17, 15) is 4.39 Å². The van der Waals surface area contributed by atoms with Gasteiger partial charge in [-0.15, -0.1) is 0 Å². The Bertz CT molecular complexity index is 533. The molecule has 128 valence electrons. The second-order valence-corrected chi connectivity index (χ2v) is 5.78. The summed E-state index contributed by atoms with van der Waals surface area (Å²) >= 11 is 0. The van der Waals surface area contributed by atoms with Crippen molar-refractivity contribution in [1.82, 2.24) is 10.6 Å². The number of methoxy groups -OCH3 is 1. The van der Waals surface area contributed by atoms with Gasteiger partial charge in [0.1, 0.15) is 0 Å². The van der Waals surface area contributed by atoms with Crippen LogP contribution in [0.15, 0.2) is 23.2 Å². The van der Waals surface area contributed by atoms with Crippen LogP contribution in [-0.2, 0) is 4.74 Å². The van der Waals surface area contributed by atoms with E-state index in [1.54, 1.807) is 13.1 Å². The van der Waals surface area contributed by atoms with Gasteiger partial charge in [-0.05, 0) is 43.4 Å². The first-order valence-electron chi connectivity index (χ1n) is 8.02. The average molecular weight is 323 g/mol. The highest BCUT2D eigenvalue weighted by atomic mass is 19.1. The van der Waals surface area contributed by atoms with E-state index in [2.05, 4.69) is 15.6 Å². The lowest BCUT2D eigenvalue weighted by Crippen LogP contribution is -2.40. The van der Waals surface area contributed by atoms with Crippen LogP contribution in [0.3, 0.4) is 0 Å². The highest BCUT2D eigenvalue weighted by Crippen LogP contribution is 2.28. The molecule has 2 rings (SSSR count). The summed E-state index contributed by atoms with van der Waals surface area (Å²) in [6.07, 6.45) is 2.60. The Kier molecular flexibility index (Phi) is 6.65. The van der Waals surface area contributed by atoms with Crippen LogP contribution in [0.1, 0.15) is 31.4 Å². The van der Waals surface area contributed by atoms with Gasteiger partial charge in [0.15, 0.2) is 17.5 Å². The summed E-state index contributed by atoms with van der Waals surface area (Å²) in [6.45, 7) is 4.16. The van der Waals surface area contributed by atoms with Gasteiger partial charge in [0.05, 0.1) is 19.8 Å². The summed E-state index contributed by atoms with van der Waals surface area (Å²) in [5.74, 6) is 1.33. The van der Waals surface area contributed by atoms with Crippen molar-refractivity contribution in [2.24, 2.45) is 10.9 Å². The van der Waals surface area contributed by atoms with Gasteiger partial charge in [-0.1, -0.05) is 6.07 Å². The summed E-state index contributed by atoms with van der Waals surface area (Å²) in [5.41, 5.74) is 0.830.